The molecule has 20 heavy (non-hydrogen) atoms. The van der Waals surface area contributed by atoms with Gasteiger partial charge < -0.3 is 11.1 Å². The van der Waals surface area contributed by atoms with E-state index in [9.17, 15) is 10.1 Å². The van der Waals surface area contributed by atoms with Gasteiger partial charge in [0.2, 0.25) is 0 Å². The van der Waals surface area contributed by atoms with Crippen molar-refractivity contribution >= 4 is 27.8 Å². The van der Waals surface area contributed by atoms with Crippen molar-refractivity contribution in [3.63, 3.8) is 0 Å². The van der Waals surface area contributed by atoms with Gasteiger partial charge in [-0.25, -0.2) is 0 Å². The molecule has 0 atom stereocenters. The van der Waals surface area contributed by atoms with Crippen molar-refractivity contribution in [3.8, 4) is 6.07 Å². The average Bonchev–Trinajstić information content (AvgIpc) is 2.81. The van der Waals surface area contributed by atoms with Crippen LogP contribution >= 0.6 is 11.3 Å². The van der Waals surface area contributed by atoms with Gasteiger partial charge in [-0.2, -0.15) is 5.26 Å². The molecule has 2 heterocycles. The molecule has 102 valence electrons. The molecule has 0 amide bonds. The van der Waals surface area contributed by atoms with Crippen LogP contribution in [0.5, 0.6) is 0 Å². The van der Waals surface area contributed by atoms with E-state index in [1.807, 2.05) is 12.1 Å². The molecule has 0 bridgehead atoms. The third-order valence-electron chi connectivity index (χ3n) is 2.83. The Kier molecular flexibility index (Phi) is 4.33. The van der Waals surface area contributed by atoms with Gasteiger partial charge in [-0.05, 0) is 17.7 Å². The van der Waals surface area contributed by atoms with Crippen molar-refractivity contribution in [3.05, 3.63) is 40.5 Å². The molecule has 0 unspecified atom stereocenters. The van der Waals surface area contributed by atoms with Gasteiger partial charge in [0.05, 0.1) is 10.6 Å². The minimum atomic E-state index is -0.0408. The summed E-state index contributed by atoms with van der Waals surface area (Å²) in [6.07, 6.45) is 3.79. The summed E-state index contributed by atoms with van der Waals surface area (Å²) in [5.74, 6) is -0.0408. The molecule has 0 saturated heterocycles. The van der Waals surface area contributed by atoms with Gasteiger partial charge in [-0.3, -0.25) is 9.78 Å². The molecule has 0 aliphatic carbocycles. The summed E-state index contributed by atoms with van der Waals surface area (Å²) in [4.78, 5) is 16.2. The highest BCUT2D eigenvalue weighted by molar-refractivity contribution is 7.19. The average molecular weight is 286 g/mol. The van der Waals surface area contributed by atoms with Crippen molar-refractivity contribution in [2.45, 2.75) is 19.9 Å². The van der Waals surface area contributed by atoms with Crippen LogP contribution in [-0.2, 0) is 6.54 Å². The molecular formula is C14H14N4OS. The lowest BCUT2D eigenvalue weighted by molar-refractivity contribution is 0.0993. The van der Waals surface area contributed by atoms with E-state index in [0.29, 0.717) is 28.4 Å². The zero-order valence-corrected chi connectivity index (χ0v) is 11.8. The molecule has 0 saturated carbocycles. The molecule has 3 N–H and O–H groups in total. The maximum absolute atomic E-state index is 11.8. The zero-order valence-electron chi connectivity index (χ0n) is 11.0. The fourth-order valence-electron chi connectivity index (χ4n) is 1.73. The van der Waals surface area contributed by atoms with E-state index in [-0.39, 0.29) is 11.5 Å². The molecule has 2 aromatic rings. The van der Waals surface area contributed by atoms with Crippen LogP contribution in [0.3, 0.4) is 0 Å². The normalized spacial score (nSPS) is 10.0. The Balaban J connectivity index is 2.24. The van der Waals surface area contributed by atoms with Gasteiger partial charge >= 0.3 is 0 Å². The number of hydrogen-bond donors (Lipinski definition) is 2. The molecule has 5 nitrogen and oxygen atoms in total. The number of aromatic nitrogens is 1. The third-order valence-corrected chi connectivity index (χ3v) is 4.04. The summed E-state index contributed by atoms with van der Waals surface area (Å²) in [5, 5.41) is 13.0. The van der Waals surface area contributed by atoms with Crippen molar-refractivity contribution < 1.29 is 4.79 Å². The monoisotopic (exact) mass is 286 g/mol. The molecule has 6 heteroatoms. The number of thiophene rings is 1. The number of hydrogen-bond acceptors (Lipinski definition) is 6. The second kappa shape index (κ2) is 6.17. The number of nitriles is 1. The van der Waals surface area contributed by atoms with Gasteiger partial charge in [0.25, 0.3) is 0 Å². The van der Waals surface area contributed by atoms with Gasteiger partial charge in [0.1, 0.15) is 16.6 Å². The van der Waals surface area contributed by atoms with Crippen molar-refractivity contribution in [2.75, 3.05) is 11.1 Å². The number of ketones is 1. The van der Waals surface area contributed by atoms with Crippen LogP contribution in [0.25, 0.3) is 0 Å². The standard InChI is InChI=1S/C14H14N4OS/c1-2-11(19)13-12(16)10(7-15)14(20-13)18-8-9-3-5-17-6-4-9/h3-6,18H,2,8,16H2,1H3. The summed E-state index contributed by atoms with van der Waals surface area (Å²) in [6.45, 7) is 2.33. The lowest BCUT2D eigenvalue weighted by Gasteiger charge is -2.03. The van der Waals surface area contributed by atoms with E-state index < -0.39 is 0 Å². The zero-order chi connectivity index (χ0) is 14.5. The predicted octanol–water partition coefficient (Wildman–Crippen LogP) is 2.80. The number of nitrogens with zero attached hydrogens (tertiary/aromatic N) is 2. The number of pyridine rings is 1. The summed E-state index contributed by atoms with van der Waals surface area (Å²) in [5.41, 5.74) is 7.55. The first-order valence-electron chi connectivity index (χ1n) is 6.15. The first-order valence-corrected chi connectivity index (χ1v) is 6.97. The Bertz CT molecular complexity index is 658. The third kappa shape index (κ3) is 2.78. The van der Waals surface area contributed by atoms with Crippen LogP contribution in [0.1, 0.15) is 34.1 Å². The van der Waals surface area contributed by atoms with Crippen LogP contribution in [0.2, 0.25) is 0 Å². The lowest BCUT2D eigenvalue weighted by atomic mass is 10.2. The smallest absolute Gasteiger partial charge is 0.174 e. The maximum atomic E-state index is 11.8. The lowest BCUT2D eigenvalue weighted by Crippen LogP contribution is -2.00. The van der Waals surface area contributed by atoms with Crippen LogP contribution in [-0.4, -0.2) is 10.8 Å². The number of nitrogens with two attached hydrogens (primary N) is 1. The second-order valence-corrected chi connectivity index (χ2v) is 5.17. The van der Waals surface area contributed by atoms with Crippen LogP contribution in [0.15, 0.2) is 24.5 Å². The highest BCUT2D eigenvalue weighted by atomic mass is 32.1. The Hall–Kier alpha value is -2.39. The second-order valence-electron chi connectivity index (χ2n) is 4.15. The summed E-state index contributed by atoms with van der Waals surface area (Å²) >= 11 is 1.24. The highest BCUT2D eigenvalue weighted by Crippen LogP contribution is 2.36. The molecule has 2 rings (SSSR count). The Labute approximate surface area is 121 Å². The van der Waals surface area contributed by atoms with Crippen molar-refractivity contribution in [1.29, 1.82) is 5.26 Å². The first-order chi connectivity index (χ1) is 9.67. The van der Waals surface area contributed by atoms with E-state index in [1.54, 1.807) is 19.3 Å². The SMILES string of the molecule is CCC(=O)c1sc(NCc2ccncc2)c(C#N)c1N. The van der Waals surface area contributed by atoms with Crippen LogP contribution in [0, 0.1) is 11.3 Å². The van der Waals surface area contributed by atoms with Crippen LogP contribution in [0.4, 0.5) is 10.7 Å². The van der Waals surface area contributed by atoms with Gasteiger partial charge in [-0.1, -0.05) is 6.92 Å². The van der Waals surface area contributed by atoms with Crippen LogP contribution < -0.4 is 11.1 Å². The number of carbonyl (C=O) groups excluding carboxylic acids is 1. The molecule has 2 aromatic heterocycles. The highest BCUT2D eigenvalue weighted by Gasteiger charge is 2.19. The van der Waals surface area contributed by atoms with E-state index in [4.69, 9.17) is 5.73 Å². The predicted molar refractivity (Wildman–Crippen MR) is 79.6 cm³/mol. The fraction of sp³-hybridized carbons (Fsp3) is 0.214. The van der Waals surface area contributed by atoms with Crippen molar-refractivity contribution in [2.24, 2.45) is 0 Å². The molecular weight excluding hydrogens is 272 g/mol. The molecule has 0 fully saturated rings. The minimum absolute atomic E-state index is 0.0408. The maximum Gasteiger partial charge on any atom is 0.174 e. The molecule has 0 aliphatic heterocycles. The largest absolute Gasteiger partial charge is 0.396 e. The number of carbonyl (C=O) groups is 1. The van der Waals surface area contributed by atoms with E-state index in [0.717, 1.165) is 5.56 Å². The van der Waals surface area contributed by atoms with Crippen molar-refractivity contribution in [1.82, 2.24) is 4.98 Å². The number of nitrogens with one attached hydrogen (secondary N) is 1. The Morgan fingerprint density at radius 3 is 2.80 bits per heavy atom. The molecule has 0 aromatic carbocycles. The molecule has 0 spiro atoms. The Morgan fingerprint density at radius 1 is 1.50 bits per heavy atom. The number of Topliss-reactive ketones (excluding diaryl/α,β-unsaturated/α-hetero) is 1. The van der Waals surface area contributed by atoms with Gasteiger partial charge in [0.15, 0.2) is 5.78 Å². The molecule has 0 aliphatic rings. The summed E-state index contributed by atoms with van der Waals surface area (Å²) < 4.78 is 0. The quantitative estimate of drug-likeness (QED) is 0.824. The number of rotatable bonds is 5. The van der Waals surface area contributed by atoms with Gasteiger partial charge in [0, 0.05) is 25.4 Å². The minimum Gasteiger partial charge on any atom is -0.396 e. The number of anilines is 2. The molecule has 0 radical (unpaired) electrons. The summed E-state index contributed by atoms with van der Waals surface area (Å²) in [7, 11) is 0. The number of nitrogen functional groups attached to an aromatic ring is 1. The fourth-order valence-corrected chi connectivity index (χ4v) is 2.81. The Morgan fingerprint density at radius 2 is 2.20 bits per heavy atom. The topological polar surface area (TPSA) is 91.8 Å². The van der Waals surface area contributed by atoms with E-state index in [2.05, 4.69) is 16.4 Å². The van der Waals surface area contributed by atoms with E-state index in [1.165, 1.54) is 11.3 Å². The first kappa shape index (κ1) is 14.0. The van der Waals surface area contributed by atoms with E-state index >= 15 is 0 Å². The summed E-state index contributed by atoms with van der Waals surface area (Å²) in [6, 6.07) is 5.82. The van der Waals surface area contributed by atoms with Gasteiger partial charge in [-0.15, -0.1) is 11.3 Å².